The smallest absolute Gasteiger partial charge is 0.274 e. The Kier molecular flexibility index (Phi) is 4.05. The summed E-state index contributed by atoms with van der Waals surface area (Å²) >= 11 is 1.85. The Morgan fingerprint density at radius 2 is 2.00 bits per heavy atom. The minimum Gasteiger partial charge on any atom is -0.348 e. The van der Waals surface area contributed by atoms with E-state index in [0.29, 0.717) is 10.9 Å². The number of fused-ring (bicyclic) bond motifs is 1. The van der Waals surface area contributed by atoms with Crippen LogP contribution in [0, 0.1) is 0 Å². The minimum absolute atomic E-state index is 0.0958. The van der Waals surface area contributed by atoms with Crippen molar-refractivity contribution in [3.8, 4) is 0 Å². The highest BCUT2D eigenvalue weighted by Crippen LogP contribution is 2.25. The first-order valence-corrected chi connectivity index (χ1v) is 9.42. The number of nitrogens with one attached hydrogen (secondary N) is 1. The highest BCUT2D eigenvalue weighted by atomic mass is 32.2. The normalized spacial score (nSPS) is 24.6. The van der Waals surface area contributed by atoms with E-state index in [1.807, 2.05) is 16.7 Å². The zero-order valence-corrected chi connectivity index (χ0v) is 14.4. The number of carbonyl (C=O) groups excluding carboxylic acids is 1. The number of H-pyrrole nitrogens is 1. The maximum Gasteiger partial charge on any atom is 0.274 e. The highest BCUT2D eigenvalue weighted by molar-refractivity contribution is 8.14. The van der Waals surface area contributed by atoms with Crippen LogP contribution in [0.2, 0.25) is 0 Å². The van der Waals surface area contributed by atoms with Gasteiger partial charge in [-0.25, -0.2) is 0 Å². The lowest BCUT2D eigenvalue weighted by Crippen LogP contribution is -2.50. The second-order valence-corrected chi connectivity index (χ2v) is 7.97. The summed E-state index contributed by atoms with van der Waals surface area (Å²) < 4.78 is 0. The van der Waals surface area contributed by atoms with E-state index in [1.165, 1.54) is 12.1 Å². The van der Waals surface area contributed by atoms with Gasteiger partial charge in [-0.3, -0.25) is 14.9 Å². The number of hydrogen-bond acceptors (Lipinski definition) is 5. The number of amides is 1. The van der Waals surface area contributed by atoms with E-state index in [1.54, 1.807) is 0 Å². The molecule has 1 atom stereocenters. The lowest BCUT2D eigenvalue weighted by molar-refractivity contribution is 0.0686. The average molecular weight is 333 g/mol. The van der Waals surface area contributed by atoms with Gasteiger partial charge in [0, 0.05) is 42.7 Å². The SMILES string of the molecule is C[C@@H]1CN=C(N2CCN(C(=O)c3n[nH]c4c3CCCC4)CC2)S1. The number of piperazine rings is 1. The van der Waals surface area contributed by atoms with Crippen LogP contribution in [0.1, 0.15) is 41.5 Å². The molecule has 0 unspecified atom stereocenters. The second-order valence-electron chi connectivity index (χ2n) is 6.57. The van der Waals surface area contributed by atoms with E-state index in [4.69, 9.17) is 0 Å². The molecule has 0 aromatic carbocycles. The van der Waals surface area contributed by atoms with Gasteiger partial charge in [-0.15, -0.1) is 0 Å². The monoisotopic (exact) mass is 333 g/mol. The Morgan fingerprint density at radius 1 is 1.22 bits per heavy atom. The fourth-order valence-corrected chi connectivity index (χ4v) is 4.53. The van der Waals surface area contributed by atoms with Crippen molar-refractivity contribution in [1.29, 1.82) is 0 Å². The van der Waals surface area contributed by atoms with Crippen LogP contribution >= 0.6 is 11.8 Å². The topological polar surface area (TPSA) is 64.6 Å². The molecule has 124 valence electrons. The van der Waals surface area contributed by atoms with E-state index in [0.717, 1.165) is 62.7 Å². The van der Waals surface area contributed by atoms with Gasteiger partial charge >= 0.3 is 0 Å². The van der Waals surface area contributed by atoms with Crippen LogP contribution in [-0.2, 0) is 12.8 Å². The van der Waals surface area contributed by atoms with Crippen LogP contribution in [0.25, 0.3) is 0 Å². The van der Waals surface area contributed by atoms with Crippen molar-refractivity contribution >= 4 is 22.8 Å². The summed E-state index contributed by atoms with van der Waals surface area (Å²) in [5.41, 5.74) is 2.99. The molecule has 1 aromatic heterocycles. The molecule has 0 saturated carbocycles. The first kappa shape index (κ1) is 15.1. The van der Waals surface area contributed by atoms with Crippen LogP contribution in [0.5, 0.6) is 0 Å². The summed E-state index contributed by atoms with van der Waals surface area (Å²) in [6, 6.07) is 0. The third-order valence-corrected chi connectivity index (χ3v) is 6.04. The largest absolute Gasteiger partial charge is 0.348 e. The maximum atomic E-state index is 12.8. The van der Waals surface area contributed by atoms with E-state index in [9.17, 15) is 4.79 Å². The molecular formula is C16H23N5OS. The summed E-state index contributed by atoms with van der Waals surface area (Å²) in [4.78, 5) is 21.7. The Labute approximate surface area is 140 Å². The quantitative estimate of drug-likeness (QED) is 0.847. The maximum absolute atomic E-state index is 12.8. The number of amidine groups is 1. The van der Waals surface area contributed by atoms with Gasteiger partial charge in [-0.2, -0.15) is 5.10 Å². The molecule has 1 fully saturated rings. The zero-order valence-electron chi connectivity index (χ0n) is 13.5. The van der Waals surface area contributed by atoms with Crippen molar-refractivity contribution in [1.82, 2.24) is 20.0 Å². The van der Waals surface area contributed by atoms with Crippen molar-refractivity contribution in [2.24, 2.45) is 4.99 Å². The van der Waals surface area contributed by atoms with Crippen molar-refractivity contribution in [2.75, 3.05) is 32.7 Å². The van der Waals surface area contributed by atoms with Crippen LogP contribution in [0.3, 0.4) is 0 Å². The molecule has 1 aliphatic carbocycles. The summed E-state index contributed by atoms with van der Waals surface area (Å²) in [6.07, 6.45) is 4.37. The molecule has 4 rings (SSSR count). The molecule has 0 spiro atoms. The van der Waals surface area contributed by atoms with Crippen LogP contribution in [0.4, 0.5) is 0 Å². The van der Waals surface area contributed by atoms with Crippen molar-refractivity contribution in [3.63, 3.8) is 0 Å². The zero-order chi connectivity index (χ0) is 15.8. The Bertz CT molecular complexity index is 632. The number of hydrogen-bond donors (Lipinski definition) is 1. The predicted molar refractivity (Wildman–Crippen MR) is 92.1 cm³/mol. The fraction of sp³-hybridized carbons (Fsp3) is 0.688. The first-order chi connectivity index (χ1) is 11.2. The lowest BCUT2D eigenvalue weighted by atomic mass is 9.95. The summed E-state index contributed by atoms with van der Waals surface area (Å²) in [7, 11) is 0. The molecule has 1 N–H and O–H groups in total. The third-order valence-electron chi connectivity index (χ3n) is 4.89. The van der Waals surface area contributed by atoms with E-state index < -0.39 is 0 Å². The molecule has 0 bridgehead atoms. The van der Waals surface area contributed by atoms with E-state index >= 15 is 0 Å². The molecular weight excluding hydrogens is 310 g/mol. The van der Waals surface area contributed by atoms with Crippen LogP contribution in [0.15, 0.2) is 4.99 Å². The van der Waals surface area contributed by atoms with E-state index in [2.05, 4.69) is 27.0 Å². The third kappa shape index (κ3) is 2.86. The molecule has 1 saturated heterocycles. The number of aliphatic imine (C=N–C) groups is 1. The number of aryl methyl sites for hydroxylation is 1. The molecule has 1 aromatic rings. The number of carbonyl (C=O) groups is 1. The molecule has 23 heavy (non-hydrogen) atoms. The fourth-order valence-electron chi connectivity index (χ4n) is 3.54. The van der Waals surface area contributed by atoms with Gasteiger partial charge in [0.2, 0.25) is 0 Å². The van der Waals surface area contributed by atoms with Crippen molar-refractivity contribution in [2.45, 2.75) is 37.9 Å². The Morgan fingerprint density at radius 3 is 2.74 bits per heavy atom. The second kappa shape index (κ2) is 6.19. The number of aromatic nitrogens is 2. The number of rotatable bonds is 1. The Balaban J connectivity index is 1.40. The molecule has 7 heteroatoms. The Hall–Kier alpha value is -1.50. The van der Waals surface area contributed by atoms with Gasteiger partial charge in [-0.05, 0) is 25.7 Å². The van der Waals surface area contributed by atoms with Gasteiger partial charge in [0.15, 0.2) is 10.9 Å². The van der Waals surface area contributed by atoms with Gasteiger partial charge in [-0.1, -0.05) is 18.7 Å². The number of aromatic amines is 1. The lowest BCUT2D eigenvalue weighted by Gasteiger charge is -2.35. The molecule has 0 radical (unpaired) electrons. The summed E-state index contributed by atoms with van der Waals surface area (Å²) in [5, 5.41) is 9.13. The van der Waals surface area contributed by atoms with Gasteiger partial charge in [0.25, 0.3) is 5.91 Å². The number of thioether (sulfide) groups is 1. The van der Waals surface area contributed by atoms with Crippen molar-refractivity contribution in [3.05, 3.63) is 17.0 Å². The standard InChI is InChI=1S/C16H23N5OS/c1-11-10-17-16(23-11)21-8-6-20(7-9-21)15(22)14-12-4-2-3-5-13(12)18-19-14/h11H,2-10H2,1H3,(H,18,19)/t11-/m1/s1. The number of nitrogens with zero attached hydrogens (tertiary/aromatic N) is 4. The molecule has 6 nitrogen and oxygen atoms in total. The van der Waals surface area contributed by atoms with E-state index in [-0.39, 0.29) is 5.91 Å². The van der Waals surface area contributed by atoms with Gasteiger partial charge in [0.1, 0.15) is 0 Å². The average Bonchev–Trinajstić information content (AvgIpc) is 3.21. The van der Waals surface area contributed by atoms with Crippen LogP contribution < -0.4 is 0 Å². The summed E-state index contributed by atoms with van der Waals surface area (Å²) in [6.45, 7) is 6.39. The highest BCUT2D eigenvalue weighted by Gasteiger charge is 2.30. The van der Waals surface area contributed by atoms with Crippen molar-refractivity contribution < 1.29 is 4.79 Å². The molecule has 3 aliphatic rings. The van der Waals surface area contributed by atoms with Gasteiger partial charge in [0.05, 0.1) is 6.54 Å². The minimum atomic E-state index is 0.0958. The first-order valence-electron chi connectivity index (χ1n) is 8.54. The molecule has 2 aliphatic heterocycles. The van der Waals surface area contributed by atoms with Crippen LogP contribution in [-0.4, -0.2) is 69.0 Å². The predicted octanol–water partition coefficient (Wildman–Crippen LogP) is 1.54. The molecule has 3 heterocycles. The molecule has 1 amide bonds. The van der Waals surface area contributed by atoms with Gasteiger partial charge < -0.3 is 9.80 Å². The summed E-state index contributed by atoms with van der Waals surface area (Å²) in [5.74, 6) is 0.0958.